The largest absolute Gasteiger partial charge is 0.444 e. The lowest BCUT2D eigenvalue weighted by atomic mass is 10.2. The molecular formula is C16H21F3IN3O2. The number of carbonyl (C=O) groups is 1. The van der Waals surface area contributed by atoms with Crippen molar-refractivity contribution >= 4 is 34.5 Å². The topological polar surface area (TPSA) is 45.7 Å². The van der Waals surface area contributed by atoms with Crippen LogP contribution in [-0.2, 0) is 10.9 Å². The summed E-state index contributed by atoms with van der Waals surface area (Å²) in [7, 11) is 0. The van der Waals surface area contributed by atoms with Crippen molar-refractivity contribution < 1.29 is 22.7 Å². The molecule has 1 aliphatic heterocycles. The van der Waals surface area contributed by atoms with Gasteiger partial charge in [0.15, 0.2) is 0 Å². The third-order valence-corrected chi connectivity index (χ3v) is 4.27. The molecule has 0 unspecified atom stereocenters. The Bertz CT molecular complexity index is 646. The van der Waals surface area contributed by atoms with Crippen LogP contribution < -0.4 is 4.90 Å². The van der Waals surface area contributed by atoms with E-state index in [-0.39, 0.29) is 11.9 Å². The number of halogens is 4. The maximum Gasteiger partial charge on any atom is 0.433 e. The molecule has 1 atom stereocenters. The predicted octanol–water partition coefficient (Wildman–Crippen LogP) is 4.15. The van der Waals surface area contributed by atoms with Gasteiger partial charge < -0.3 is 14.5 Å². The van der Waals surface area contributed by atoms with Crippen LogP contribution >= 0.6 is 22.6 Å². The average molecular weight is 471 g/mol. The lowest BCUT2D eigenvalue weighted by Gasteiger charge is -2.40. The number of piperazine rings is 1. The van der Waals surface area contributed by atoms with Gasteiger partial charge in [-0.1, -0.05) is 0 Å². The molecule has 0 saturated carbocycles. The van der Waals surface area contributed by atoms with E-state index in [4.69, 9.17) is 4.74 Å². The van der Waals surface area contributed by atoms with E-state index in [1.54, 1.807) is 36.6 Å². The van der Waals surface area contributed by atoms with Crippen molar-refractivity contribution in [2.45, 2.75) is 45.5 Å². The zero-order chi connectivity index (χ0) is 19.0. The van der Waals surface area contributed by atoms with Crippen LogP contribution in [0.4, 0.5) is 23.8 Å². The number of nitrogens with zero attached hydrogens (tertiary/aromatic N) is 3. The molecule has 25 heavy (non-hydrogen) atoms. The van der Waals surface area contributed by atoms with Crippen LogP contribution in [0.1, 0.15) is 33.4 Å². The highest BCUT2D eigenvalue weighted by atomic mass is 127. The lowest BCUT2D eigenvalue weighted by molar-refractivity contribution is -0.141. The summed E-state index contributed by atoms with van der Waals surface area (Å²) < 4.78 is 44.7. The Kier molecular flexibility index (Phi) is 5.75. The van der Waals surface area contributed by atoms with Gasteiger partial charge in [0.25, 0.3) is 0 Å². The van der Waals surface area contributed by atoms with Crippen LogP contribution in [0.25, 0.3) is 0 Å². The molecule has 0 N–H and O–H groups in total. The fraction of sp³-hybridized carbons (Fsp3) is 0.625. The Morgan fingerprint density at radius 3 is 2.44 bits per heavy atom. The number of rotatable bonds is 1. The van der Waals surface area contributed by atoms with Crippen molar-refractivity contribution in [3.63, 3.8) is 0 Å². The van der Waals surface area contributed by atoms with E-state index in [9.17, 15) is 18.0 Å². The zero-order valence-electron chi connectivity index (χ0n) is 14.5. The van der Waals surface area contributed by atoms with Gasteiger partial charge in [-0.25, -0.2) is 9.78 Å². The average Bonchev–Trinajstić information content (AvgIpc) is 2.43. The molecule has 140 valence electrons. The first kappa shape index (κ1) is 20.1. The van der Waals surface area contributed by atoms with Crippen LogP contribution in [0.3, 0.4) is 0 Å². The number of hydrogen-bond donors (Lipinski definition) is 0. The van der Waals surface area contributed by atoms with Gasteiger partial charge in [-0.15, -0.1) is 0 Å². The van der Waals surface area contributed by atoms with Gasteiger partial charge in [0.1, 0.15) is 17.1 Å². The van der Waals surface area contributed by atoms with E-state index in [1.165, 1.54) is 0 Å². The standard InChI is InChI=1S/C16H21F3IN3O2/c1-10-9-22(5-6-23(10)14(24)25-15(2,3)4)13-8-11(20)7-12(21-13)16(17,18)19/h7-8,10H,5-6,9H2,1-4H3/t10-/m1/s1. The van der Waals surface area contributed by atoms with Gasteiger partial charge in [-0.3, -0.25) is 0 Å². The van der Waals surface area contributed by atoms with Gasteiger partial charge in [-0.2, -0.15) is 13.2 Å². The normalized spacial score (nSPS) is 19.1. The molecule has 0 radical (unpaired) electrons. The number of pyridine rings is 1. The van der Waals surface area contributed by atoms with Crippen LogP contribution in [0.5, 0.6) is 0 Å². The fourth-order valence-electron chi connectivity index (χ4n) is 2.55. The fourth-order valence-corrected chi connectivity index (χ4v) is 3.12. The summed E-state index contributed by atoms with van der Waals surface area (Å²) in [5.74, 6) is 0.273. The summed E-state index contributed by atoms with van der Waals surface area (Å²) in [5.41, 5.74) is -1.50. The highest BCUT2D eigenvalue weighted by Gasteiger charge is 2.35. The van der Waals surface area contributed by atoms with Crippen LogP contribution in [0.2, 0.25) is 0 Å². The molecule has 0 aromatic carbocycles. The number of anilines is 1. The van der Waals surface area contributed by atoms with E-state index >= 15 is 0 Å². The summed E-state index contributed by atoms with van der Waals surface area (Å²) in [6, 6.07) is 2.44. The molecule has 1 aliphatic rings. The van der Waals surface area contributed by atoms with Crippen molar-refractivity contribution in [1.82, 2.24) is 9.88 Å². The maximum absolute atomic E-state index is 13.0. The predicted molar refractivity (Wildman–Crippen MR) is 96.6 cm³/mol. The highest BCUT2D eigenvalue weighted by molar-refractivity contribution is 14.1. The van der Waals surface area contributed by atoms with Crippen LogP contribution in [-0.4, -0.2) is 47.3 Å². The monoisotopic (exact) mass is 471 g/mol. The quantitative estimate of drug-likeness (QED) is 0.578. The highest BCUT2D eigenvalue weighted by Crippen LogP contribution is 2.31. The molecule has 2 heterocycles. The molecule has 1 aromatic rings. The van der Waals surface area contributed by atoms with E-state index in [2.05, 4.69) is 4.98 Å². The zero-order valence-corrected chi connectivity index (χ0v) is 16.7. The first-order valence-electron chi connectivity index (χ1n) is 7.86. The number of alkyl halides is 3. The summed E-state index contributed by atoms with van der Waals surface area (Å²) >= 11 is 1.85. The van der Waals surface area contributed by atoms with Gasteiger partial charge in [-0.05, 0) is 62.4 Å². The Morgan fingerprint density at radius 2 is 1.92 bits per heavy atom. The first-order chi connectivity index (χ1) is 11.4. The Labute approximate surface area is 158 Å². The summed E-state index contributed by atoms with van der Waals surface area (Å²) in [5, 5.41) is 0. The third-order valence-electron chi connectivity index (χ3n) is 3.65. The molecule has 9 heteroatoms. The molecular weight excluding hydrogens is 450 g/mol. The number of aromatic nitrogens is 1. The van der Waals surface area contributed by atoms with Crippen molar-refractivity contribution in [1.29, 1.82) is 0 Å². The molecule has 1 fully saturated rings. The molecule has 1 aromatic heterocycles. The molecule has 0 aliphatic carbocycles. The van der Waals surface area contributed by atoms with Crippen molar-refractivity contribution in [2.24, 2.45) is 0 Å². The van der Waals surface area contributed by atoms with E-state index < -0.39 is 23.6 Å². The minimum atomic E-state index is -4.49. The maximum atomic E-state index is 13.0. The molecule has 5 nitrogen and oxygen atoms in total. The van der Waals surface area contributed by atoms with Crippen molar-refractivity contribution in [3.05, 3.63) is 21.4 Å². The number of ether oxygens (including phenoxy) is 1. The van der Waals surface area contributed by atoms with E-state index in [0.717, 1.165) is 6.07 Å². The van der Waals surface area contributed by atoms with Gasteiger partial charge in [0.2, 0.25) is 0 Å². The second-order valence-electron chi connectivity index (χ2n) is 7.00. The summed E-state index contributed by atoms with van der Waals surface area (Å²) in [6.45, 7) is 8.37. The minimum absolute atomic E-state index is 0.197. The van der Waals surface area contributed by atoms with Gasteiger partial charge >= 0.3 is 12.3 Å². The van der Waals surface area contributed by atoms with Crippen LogP contribution in [0.15, 0.2) is 12.1 Å². The Balaban J connectivity index is 2.13. The van der Waals surface area contributed by atoms with Gasteiger partial charge in [0.05, 0.1) is 0 Å². The molecule has 2 rings (SSSR count). The second-order valence-corrected chi connectivity index (χ2v) is 8.24. The SMILES string of the molecule is C[C@@H]1CN(c2cc(I)cc(C(F)(F)F)n2)CCN1C(=O)OC(C)(C)C. The number of hydrogen-bond acceptors (Lipinski definition) is 4. The smallest absolute Gasteiger partial charge is 0.433 e. The minimum Gasteiger partial charge on any atom is -0.444 e. The van der Waals surface area contributed by atoms with Crippen molar-refractivity contribution in [3.8, 4) is 0 Å². The molecule has 0 spiro atoms. The molecule has 1 saturated heterocycles. The van der Waals surface area contributed by atoms with Crippen molar-refractivity contribution in [2.75, 3.05) is 24.5 Å². The van der Waals surface area contributed by atoms with E-state index in [1.807, 2.05) is 29.5 Å². The Hall–Kier alpha value is -1.26. The Morgan fingerprint density at radius 1 is 1.28 bits per heavy atom. The molecule has 0 bridgehead atoms. The second kappa shape index (κ2) is 7.16. The number of amides is 1. The van der Waals surface area contributed by atoms with Crippen LogP contribution in [0, 0.1) is 3.57 Å². The summed E-state index contributed by atoms with van der Waals surface area (Å²) in [4.78, 5) is 19.3. The van der Waals surface area contributed by atoms with E-state index in [0.29, 0.717) is 23.2 Å². The third kappa shape index (κ3) is 5.35. The van der Waals surface area contributed by atoms with Gasteiger partial charge in [0, 0.05) is 29.2 Å². The first-order valence-corrected chi connectivity index (χ1v) is 8.94. The molecule has 1 amide bonds. The lowest BCUT2D eigenvalue weighted by Crippen LogP contribution is -2.55. The summed E-state index contributed by atoms with van der Waals surface area (Å²) in [6.07, 6.45) is -4.90. The number of carbonyl (C=O) groups excluding carboxylic acids is 1.